The quantitative estimate of drug-likeness (QED) is 0.332. The minimum atomic E-state index is -4.69. The molecule has 0 aliphatic rings. The molecule has 0 aliphatic carbocycles. The molecule has 0 bridgehead atoms. The normalized spacial score (nSPS) is 11.7. The van der Waals surface area contributed by atoms with Gasteiger partial charge in [-0.25, -0.2) is 18.7 Å². The van der Waals surface area contributed by atoms with Gasteiger partial charge in [0.15, 0.2) is 11.5 Å². The maximum atomic E-state index is 13.9. The summed E-state index contributed by atoms with van der Waals surface area (Å²) in [5.74, 6) is -1.18. The Bertz CT molecular complexity index is 1580. The maximum absolute atomic E-state index is 13.9. The van der Waals surface area contributed by atoms with Crippen LogP contribution in [0.15, 0.2) is 66.9 Å². The number of carbonyl (C=O) groups excluding carboxylic acids is 1. The summed E-state index contributed by atoms with van der Waals surface area (Å²) < 4.78 is 57.3. The second-order valence-corrected chi connectivity index (χ2v) is 8.12. The van der Waals surface area contributed by atoms with Crippen LogP contribution in [-0.2, 0) is 24.1 Å². The minimum absolute atomic E-state index is 0.0604. The number of hydrogen-bond donors (Lipinski definition) is 2. The van der Waals surface area contributed by atoms with Crippen LogP contribution in [0, 0.1) is 5.82 Å². The lowest BCUT2D eigenvalue weighted by Crippen LogP contribution is -2.19. The summed E-state index contributed by atoms with van der Waals surface area (Å²) in [4.78, 5) is 16.7. The number of nitrogens with two attached hydrogens (primary N) is 1. The van der Waals surface area contributed by atoms with Crippen LogP contribution >= 0.6 is 0 Å². The Hall–Kier alpha value is -4.81. The van der Waals surface area contributed by atoms with Crippen molar-refractivity contribution >= 4 is 28.4 Å². The predicted octanol–water partition coefficient (Wildman–Crippen LogP) is 4.12. The molecule has 0 unspecified atom stereocenters. The van der Waals surface area contributed by atoms with Crippen LogP contribution in [0.1, 0.15) is 11.3 Å². The molecule has 5 aromatic rings. The van der Waals surface area contributed by atoms with Gasteiger partial charge in [-0.2, -0.15) is 18.3 Å². The Kier molecular flexibility index (Phi) is 6.03. The molecule has 5 rings (SSSR count). The first-order chi connectivity index (χ1) is 17.7. The summed E-state index contributed by atoms with van der Waals surface area (Å²) in [7, 11) is 0. The molecule has 0 fully saturated rings. The number of alkyl halides is 3. The third-order valence-corrected chi connectivity index (χ3v) is 5.44. The van der Waals surface area contributed by atoms with Crippen molar-refractivity contribution in [3.8, 4) is 11.3 Å². The fourth-order valence-corrected chi connectivity index (χ4v) is 3.81. The monoisotopic (exact) mass is 510 g/mol. The van der Waals surface area contributed by atoms with Crippen molar-refractivity contribution in [2.75, 3.05) is 11.1 Å². The summed E-state index contributed by atoms with van der Waals surface area (Å²) in [5.41, 5.74) is 6.22. The molecule has 1 amide bonds. The van der Waals surface area contributed by atoms with Gasteiger partial charge in [-0.05, 0) is 30.3 Å². The van der Waals surface area contributed by atoms with Crippen molar-refractivity contribution in [1.82, 2.24) is 29.8 Å². The standard InChI is InChI=1S/C24H18F4N8O/c25-15-6-8-16(9-7-15)30-20(37)13-35-11-17(32-34-35)12-36-23-21(22(29)33-36)18(24(26,27)28)10-19(31-23)14-4-2-1-3-5-14/h1-11H,12-13H2,(H2,29,33)(H,30,37). The van der Waals surface area contributed by atoms with Crippen molar-refractivity contribution in [1.29, 1.82) is 0 Å². The topological polar surface area (TPSA) is 117 Å². The molecule has 0 spiro atoms. The van der Waals surface area contributed by atoms with E-state index in [2.05, 4.69) is 25.7 Å². The van der Waals surface area contributed by atoms with Crippen LogP contribution in [0.4, 0.5) is 29.1 Å². The Balaban J connectivity index is 1.42. The summed E-state index contributed by atoms with van der Waals surface area (Å²) in [5, 5.41) is 14.2. The van der Waals surface area contributed by atoms with Gasteiger partial charge >= 0.3 is 6.18 Å². The Morgan fingerprint density at radius 2 is 1.78 bits per heavy atom. The number of pyridine rings is 1. The molecule has 188 valence electrons. The van der Waals surface area contributed by atoms with E-state index in [-0.39, 0.29) is 35.6 Å². The maximum Gasteiger partial charge on any atom is 0.417 e. The fourth-order valence-electron chi connectivity index (χ4n) is 3.81. The molecule has 0 aliphatic heterocycles. The van der Waals surface area contributed by atoms with E-state index in [0.29, 0.717) is 16.9 Å². The Labute approximate surface area is 206 Å². The first-order valence-electron chi connectivity index (χ1n) is 10.9. The van der Waals surface area contributed by atoms with Crippen LogP contribution in [0.25, 0.3) is 22.3 Å². The van der Waals surface area contributed by atoms with Crippen LogP contribution < -0.4 is 11.1 Å². The van der Waals surface area contributed by atoms with Gasteiger partial charge in [-0.1, -0.05) is 35.5 Å². The van der Waals surface area contributed by atoms with Gasteiger partial charge in [0.2, 0.25) is 5.91 Å². The van der Waals surface area contributed by atoms with Gasteiger partial charge in [0.25, 0.3) is 0 Å². The zero-order valence-corrected chi connectivity index (χ0v) is 18.9. The van der Waals surface area contributed by atoms with Crippen LogP contribution in [0.2, 0.25) is 0 Å². The largest absolute Gasteiger partial charge is 0.417 e. The number of nitrogens with one attached hydrogen (secondary N) is 1. The van der Waals surface area contributed by atoms with Gasteiger partial charge in [0.05, 0.1) is 29.4 Å². The zero-order chi connectivity index (χ0) is 26.2. The number of benzene rings is 2. The number of halogens is 4. The van der Waals surface area contributed by atoms with E-state index in [1.165, 1.54) is 39.8 Å². The molecule has 0 atom stereocenters. The first kappa shape index (κ1) is 23.9. The number of nitrogens with zero attached hydrogens (tertiary/aromatic N) is 6. The SMILES string of the molecule is Nc1nn(Cc2cn(CC(=O)Nc3ccc(F)cc3)nn2)c2nc(-c3ccccc3)cc(C(F)(F)F)c12. The molecule has 0 saturated carbocycles. The summed E-state index contributed by atoms with van der Waals surface area (Å²) >= 11 is 0. The van der Waals surface area contributed by atoms with Crippen LogP contribution in [-0.4, -0.2) is 35.7 Å². The van der Waals surface area contributed by atoms with Crippen molar-refractivity contribution in [2.45, 2.75) is 19.3 Å². The lowest BCUT2D eigenvalue weighted by atomic mass is 10.1. The zero-order valence-electron chi connectivity index (χ0n) is 18.9. The van der Waals surface area contributed by atoms with Crippen molar-refractivity contribution in [2.24, 2.45) is 0 Å². The molecule has 37 heavy (non-hydrogen) atoms. The van der Waals surface area contributed by atoms with Gasteiger partial charge < -0.3 is 11.1 Å². The molecule has 0 radical (unpaired) electrons. The third kappa shape index (κ3) is 5.10. The van der Waals surface area contributed by atoms with Gasteiger partial charge in [0, 0.05) is 11.3 Å². The molecule has 0 saturated heterocycles. The van der Waals surface area contributed by atoms with Gasteiger partial charge in [-0.15, -0.1) is 5.10 Å². The van der Waals surface area contributed by atoms with E-state index in [1.807, 2.05) is 0 Å². The average molecular weight is 510 g/mol. The number of hydrogen-bond acceptors (Lipinski definition) is 6. The highest BCUT2D eigenvalue weighted by Gasteiger charge is 2.36. The molecular formula is C24H18F4N8O. The van der Waals surface area contributed by atoms with E-state index >= 15 is 0 Å². The average Bonchev–Trinajstić information content (AvgIpc) is 3.43. The summed E-state index contributed by atoms with van der Waals surface area (Å²) in [6.45, 7) is -0.281. The van der Waals surface area contributed by atoms with E-state index in [9.17, 15) is 22.4 Å². The second kappa shape index (κ2) is 9.33. The highest BCUT2D eigenvalue weighted by molar-refractivity contribution is 5.92. The number of carbonyl (C=O) groups is 1. The van der Waals surface area contributed by atoms with Crippen molar-refractivity contribution in [3.05, 3.63) is 83.9 Å². The molecular weight excluding hydrogens is 492 g/mol. The number of fused-ring (bicyclic) bond motifs is 1. The van der Waals surface area contributed by atoms with Gasteiger partial charge in [-0.3, -0.25) is 4.79 Å². The molecule has 13 heteroatoms. The third-order valence-electron chi connectivity index (χ3n) is 5.44. The molecule has 9 nitrogen and oxygen atoms in total. The first-order valence-corrected chi connectivity index (χ1v) is 10.9. The molecule has 2 aromatic carbocycles. The lowest BCUT2D eigenvalue weighted by molar-refractivity contribution is -0.136. The molecule has 3 N–H and O–H groups in total. The molecule has 3 heterocycles. The number of nitrogen functional groups attached to an aromatic ring is 1. The molecule has 3 aromatic heterocycles. The van der Waals surface area contributed by atoms with Crippen molar-refractivity contribution in [3.63, 3.8) is 0 Å². The number of aromatic nitrogens is 6. The number of anilines is 2. The van der Waals surface area contributed by atoms with Crippen LogP contribution in [0.5, 0.6) is 0 Å². The summed E-state index contributed by atoms with van der Waals surface area (Å²) in [6.07, 6.45) is -3.23. The van der Waals surface area contributed by atoms with E-state index in [1.54, 1.807) is 30.3 Å². The second-order valence-electron chi connectivity index (χ2n) is 8.12. The number of rotatable bonds is 6. The predicted molar refractivity (Wildman–Crippen MR) is 127 cm³/mol. The van der Waals surface area contributed by atoms with E-state index in [0.717, 1.165) is 6.07 Å². The Morgan fingerprint density at radius 1 is 1.05 bits per heavy atom. The van der Waals surface area contributed by atoms with E-state index in [4.69, 9.17) is 5.73 Å². The Morgan fingerprint density at radius 3 is 2.49 bits per heavy atom. The minimum Gasteiger partial charge on any atom is -0.382 e. The lowest BCUT2D eigenvalue weighted by Gasteiger charge is -2.11. The van der Waals surface area contributed by atoms with Gasteiger partial charge in [0.1, 0.15) is 18.1 Å². The smallest absolute Gasteiger partial charge is 0.382 e. The van der Waals surface area contributed by atoms with Crippen molar-refractivity contribution < 1.29 is 22.4 Å². The van der Waals surface area contributed by atoms with E-state index < -0.39 is 23.5 Å². The highest BCUT2D eigenvalue weighted by atomic mass is 19.4. The number of amides is 1. The van der Waals surface area contributed by atoms with Crippen LogP contribution in [0.3, 0.4) is 0 Å². The highest BCUT2D eigenvalue weighted by Crippen LogP contribution is 2.39. The fraction of sp³-hybridized carbons (Fsp3) is 0.125. The summed E-state index contributed by atoms with van der Waals surface area (Å²) in [6, 6.07) is 14.7.